The molecule has 2 N–H and O–H groups in total. The Balaban J connectivity index is 1.97. The quantitative estimate of drug-likeness (QED) is 0.157. The second-order valence-electron chi connectivity index (χ2n) is 8.04. The number of carbonyl (C=O) groups excluding carboxylic acids is 1. The average Bonchev–Trinajstić information content (AvgIpc) is 2.76. The maximum atomic E-state index is 11.8. The summed E-state index contributed by atoms with van der Waals surface area (Å²) in [6, 6.07) is 6.83. The molecule has 0 bridgehead atoms. The number of carboxylic acids is 1. The van der Waals surface area contributed by atoms with Crippen LogP contribution in [0, 0.1) is 0 Å². The molecule has 1 aromatic rings. The van der Waals surface area contributed by atoms with E-state index < -0.39 is 5.97 Å². The van der Waals surface area contributed by atoms with Crippen LogP contribution in [-0.4, -0.2) is 29.8 Å². The van der Waals surface area contributed by atoms with Gasteiger partial charge in [-0.05, 0) is 36.2 Å². The van der Waals surface area contributed by atoms with E-state index in [9.17, 15) is 9.59 Å². The molecule has 0 unspecified atom stereocenters. The second kappa shape index (κ2) is 18.4. The van der Waals surface area contributed by atoms with Crippen molar-refractivity contribution in [3.63, 3.8) is 0 Å². The third-order valence-electron chi connectivity index (χ3n) is 5.15. The molecule has 0 fully saturated rings. The third-order valence-corrected chi connectivity index (χ3v) is 5.15. The zero-order valence-electron chi connectivity index (χ0n) is 19.1. The van der Waals surface area contributed by atoms with Gasteiger partial charge in [0.15, 0.2) is 6.61 Å². The highest BCUT2D eigenvalue weighted by Crippen LogP contribution is 2.13. The van der Waals surface area contributed by atoms with Gasteiger partial charge in [-0.25, -0.2) is 10.2 Å². The smallest absolute Gasteiger partial charge is 0.341 e. The van der Waals surface area contributed by atoms with Crippen LogP contribution in [0.4, 0.5) is 0 Å². The molecule has 6 nitrogen and oxygen atoms in total. The van der Waals surface area contributed by atoms with Crippen molar-refractivity contribution in [1.29, 1.82) is 0 Å². The summed E-state index contributed by atoms with van der Waals surface area (Å²) < 4.78 is 5.06. The number of carbonyl (C=O) groups is 2. The Hall–Kier alpha value is -2.37. The van der Waals surface area contributed by atoms with Gasteiger partial charge in [0.1, 0.15) is 5.75 Å². The molecule has 0 aliphatic rings. The van der Waals surface area contributed by atoms with Gasteiger partial charge < -0.3 is 9.84 Å². The van der Waals surface area contributed by atoms with Crippen LogP contribution in [0.3, 0.4) is 0 Å². The van der Waals surface area contributed by atoms with Crippen molar-refractivity contribution in [2.45, 2.75) is 96.8 Å². The minimum Gasteiger partial charge on any atom is -0.482 e. The van der Waals surface area contributed by atoms with Gasteiger partial charge in [0.25, 0.3) is 0 Å². The van der Waals surface area contributed by atoms with Crippen LogP contribution in [0.2, 0.25) is 0 Å². The lowest BCUT2D eigenvalue weighted by atomic mass is 10.0. The number of hydrogen-bond donors (Lipinski definition) is 2. The number of ether oxygens (including phenoxy) is 1. The average molecular weight is 433 g/mol. The summed E-state index contributed by atoms with van der Waals surface area (Å²) in [6.07, 6.45) is 18.8. The summed E-state index contributed by atoms with van der Waals surface area (Å²) in [5.41, 5.74) is 3.35. The number of nitrogens with zero attached hydrogens (tertiary/aromatic N) is 1. The maximum Gasteiger partial charge on any atom is 0.341 e. The molecule has 0 aliphatic heterocycles. The molecule has 1 aromatic carbocycles. The topological polar surface area (TPSA) is 88.0 Å². The molecule has 0 atom stereocenters. The lowest BCUT2D eigenvalue weighted by molar-refractivity contribution is -0.139. The fourth-order valence-electron chi connectivity index (χ4n) is 3.33. The SMILES string of the molecule is CCCCCCCCCCCCCCCC(=O)NN=Cc1ccc(OCC(=O)O)cc1. The van der Waals surface area contributed by atoms with Gasteiger partial charge in [-0.1, -0.05) is 84.0 Å². The fourth-order valence-corrected chi connectivity index (χ4v) is 3.33. The molecule has 6 heteroatoms. The van der Waals surface area contributed by atoms with E-state index in [1.807, 2.05) is 0 Å². The Morgan fingerprint density at radius 3 is 1.90 bits per heavy atom. The molecule has 1 rings (SSSR count). The highest BCUT2D eigenvalue weighted by atomic mass is 16.5. The molecule has 0 saturated carbocycles. The Morgan fingerprint density at radius 2 is 1.39 bits per heavy atom. The van der Waals surface area contributed by atoms with E-state index in [4.69, 9.17) is 9.84 Å². The minimum absolute atomic E-state index is 0.0688. The molecular formula is C25H40N2O4. The Bertz CT molecular complexity index is 629. The molecule has 0 aromatic heterocycles. The number of carboxylic acid groups (broad SMARTS) is 1. The number of unbranched alkanes of at least 4 members (excludes halogenated alkanes) is 12. The lowest BCUT2D eigenvalue weighted by Gasteiger charge is -2.03. The van der Waals surface area contributed by atoms with Gasteiger partial charge >= 0.3 is 5.97 Å². The predicted molar refractivity (Wildman–Crippen MR) is 126 cm³/mol. The molecule has 1 amide bonds. The number of hydrazone groups is 1. The number of hydrogen-bond acceptors (Lipinski definition) is 4. The summed E-state index contributed by atoms with van der Waals surface area (Å²) in [5.74, 6) is -0.608. The first-order chi connectivity index (χ1) is 15.1. The van der Waals surface area contributed by atoms with Crippen molar-refractivity contribution in [1.82, 2.24) is 5.43 Å². The maximum absolute atomic E-state index is 11.8. The zero-order valence-corrected chi connectivity index (χ0v) is 19.1. The monoisotopic (exact) mass is 432 g/mol. The van der Waals surface area contributed by atoms with Crippen LogP contribution in [0.5, 0.6) is 5.75 Å². The molecule has 0 heterocycles. The highest BCUT2D eigenvalue weighted by Gasteiger charge is 2.01. The minimum atomic E-state index is -1.02. The van der Waals surface area contributed by atoms with Gasteiger partial charge in [0, 0.05) is 6.42 Å². The largest absolute Gasteiger partial charge is 0.482 e. The van der Waals surface area contributed by atoms with Crippen molar-refractivity contribution in [2.24, 2.45) is 5.10 Å². The van der Waals surface area contributed by atoms with E-state index >= 15 is 0 Å². The standard InChI is InChI=1S/C25H40N2O4/c1-2-3-4-5-6-7-8-9-10-11-12-13-14-15-24(28)27-26-20-22-16-18-23(19-17-22)31-21-25(29)30/h16-20H,2-15,21H2,1H3,(H,27,28)(H,29,30). The van der Waals surface area contributed by atoms with Crippen LogP contribution < -0.4 is 10.2 Å². The molecule has 0 saturated heterocycles. The zero-order chi connectivity index (χ0) is 22.6. The molecular weight excluding hydrogens is 392 g/mol. The normalized spacial score (nSPS) is 11.0. The van der Waals surface area contributed by atoms with Gasteiger partial charge in [0.2, 0.25) is 5.91 Å². The van der Waals surface area contributed by atoms with E-state index in [2.05, 4.69) is 17.5 Å². The van der Waals surface area contributed by atoms with E-state index in [1.54, 1.807) is 30.5 Å². The highest BCUT2D eigenvalue weighted by molar-refractivity contribution is 5.82. The first-order valence-electron chi connectivity index (χ1n) is 11.9. The van der Waals surface area contributed by atoms with Crippen molar-refractivity contribution in [3.8, 4) is 5.75 Å². The number of rotatable bonds is 19. The van der Waals surface area contributed by atoms with Gasteiger partial charge in [-0.15, -0.1) is 0 Å². The number of aliphatic carboxylic acids is 1. The van der Waals surface area contributed by atoms with Gasteiger partial charge in [0.05, 0.1) is 6.21 Å². The number of benzene rings is 1. The molecule has 0 radical (unpaired) electrons. The van der Waals surface area contributed by atoms with Crippen molar-refractivity contribution >= 4 is 18.1 Å². The van der Waals surface area contributed by atoms with E-state index in [0.717, 1.165) is 18.4 Å². The molecule has 174 valence electrons. The van der Waals surface area contributed by atoms with Crippen LogP contribution >= 0.6 is 0 Å². The fraction of sp³-hybridized carbons (Fsp3) is 0.640. The van der Waals surface area contributed by atoms with Gasteiger partial charge in [-0.2, -0.15) is 5.10 Å². The summed E-state index contributed by atoms with van der Waals surface area (Å²) in [4.78, 5) is 22.3. The van der Waals surface area contributed by atoms with Crippen LogP contribution in [0.15, 0.2) is 29.4 Å². The number of amides is 1. The first kappa shape index (κ1) is 26.7. The molecule has 0 spiro atoms. The van der Waals surface area contributed by atoms with Crippen molar-refractivity contribution in [3.05, 3.63) is 29.8 Å². The van der Waals surface area contributed by atoms with Crippen LogP contribution in [-0.2, 0) is 9.59 Å². The summed E-state index contributed by atoms with van der Waals surface area (Å²) in [5, 5.41) is 12.5. The third kappa shape index (κ3) is 16.0. The Morgan fingerprint density at radius 1 is 0.871 bits per heavy atom. The van der Waals surface area contributed by atoms with Crippen molar-refractivity contribution < 1.29 is 19.4 Å². The van der Waals surface area contributed by atoms with Crippen LogP contribution in [0.1, 0.15) is 102 Å². The van der Waals surface area contributed by atoms with E-state index in [1.165, 1.54) is 70.6 Å². The Kier molecular flexibility index (Phi) is 15.8. The van der Waals surface area contributed by atoms with E-state index in [0.29, 0.717) is 12.2 Å². The summed E-state index contributed by atoms with van der Waals surface area (Å²) in [6.45, 7) is 1.88. The molecule has 0 aliphatic carbocycles. The van der Waals surface area contributed by atoms with E-state index in [-0.39, 0.29) is 12.5 Å². The van der Waals surface area contributed by atoms with Crippen molar-refractivity contribution in [2.75, 3.05) is 6.61 Å². The molecule has 31 heavy (non-hydrogen) atoms. The number of nitrogens with one attached hydrogen (secondary N) is 1. The van der Waals surface area contributed by atoms with Crippen LogP contribution in [0.25, 0.3) is 0 Å². The summed E-state index contributed by atoms with van der Waals surface area (Å²) >= 11 is 0. The second-order valence-corrected chi connectivity index (χ2v) is 8.04. The van der Waals surface area contributed by atoms with Gasteiger partial charge in [-0.3, -0.25) is 4.79 Å². The first-order valence-corrected chi connectivity index (χ1v) is 11.9. The summed E-state index contributed by atoms with van der Waals surface area (Å²) in [7, 11) is 0. The predicted octanol–water partition coefficient (Wildman–Crippen LogP) is 6.08. The Labute approximate surface area is 187 Å². The lowest BCUT2D eigenvalue weighted by Crippen LogP contribution is -2.16.